The van der Waals surface area contributed by atoms with Gasteiger partial charge in [-0.3, -0.25) is 4.79 Å². The average molecular weight is 350 g/mol. The van der Waals surface area contributed by atoms with Crippen molar-refractivity contribution in [2.24, 2.45) is 5.92 Å². The maximum absolute atomic E-state index is 12.9. The van der Waals surface area contributed by atoms with Crippen LogP contribution >= 0.6 is 11.3 Å². The zero-order valence-electron chi connectivity index (χ0n) is 13.8. The number of thiazole rings is 1. The molecule has 0 radical (unpaired) electrons. The van der Waals surface area contributed by atoms with Gasteiger partial charge in [0.2, 0.25) is 5.91 Å². The molecule has 1 amide bonds. The summed E-state index contributed by atoms with van der Waals surface area (Å²) in [6.07, 6.45) is 2.42. The van der Waals surface area contributed by atoms with Crippen LogP contribution in [0, 0.1) is 5.92 Å². The SMILES string of the molecule is COc1ccc2c(c1)[C@H](c1ccccc1)[C@@H](C(=O)Nc1nccs1)C2. The number of amides is 1. The number of ether oxygens (including phenoxy) is 1. The fourth-order valence-electron chi connectivity index (χ4n) is 3.55. The van der Waals surface area contributed by atoms with Crippen molar-refractivity contribution in [1.82, 2.24) is 4.98 Å². The van der Waals surface area contributed by atoms with Crippen molar-refractivity contribution >= 4 is 22.4 Å². The quantitative estimate of drug-likeness (QED) is 0.771. The number of carbonyl (C=O) groups is 1. The van der Waals surface area contributed by atoms with Crippen LogP contribution in [0.25, 0.3) is 0 Å². The van der Waals surface area contributed by atoms with E-state index < -0.39 is 0 Å². The highest BCUT2D eigenvalue weighted by molar-refractivity contribution is 7.13. The lowest BCUT2D eigenvalue weighted by atomic mass is 9.85. The normalized spacial score (nSPS) is 18.6. The molecule has 0 fully saturated rings. The second kappa shape index (κ2) is 6.69. The number of anilines is 1. The van der Waals surface area contributed by atoms with E-state index in [0.29, 0.717) is 5.13 Å². The Bertz CT molecular complexity index is 878. The molecule has 0 bridgehead atoms. The van der Waals surface area contributed by atoms with Crippen molar-refractivity contribution in [2.45, 2.75) is 12.3 Å². The first-order chi connectivity index (χ1) is 12.3. The topological polar surface area (TPSA) is 51.2 Å². The Balaban J connectivity index is 1.72. The lowest BCUT2D eigenvalue weighted by Crippen LogP contribution is -2.26. The number of aromatic nitrogens is 1. The zero-order chi connectivity index (χ0) is 17.2. The molecule has 4 rings (SSSR count). The number of rotatable bonds is 4. The van der Waals surface area contributed by atoms with Crippen molar-refractivity contribution < 1.29 is 9.53 Å². The molecular weight excluding hydrogens is 332 g/mol. The molecule has 3 aromatic rings. The van der Waals surface area contributed by atoms with Crippen LogP contribution in [0.5, 0.6) is 5.75 Å². The molecule has 1 N–H and O–H groups in total. The fourth-order valence-corrected chi connectivity index (χ4v) is 4.08. The van der Waals surface area contributed by atoms with Gasteiger partial charge in [-0.15, -0.1) is 11.3 Å². The van der Waals surface area contributed by atoms with Gasteiger partial charge < -0.3 is 10.1 Å². The number of methoxy groups -OCH3 is 1. The molecule has 2 aromatic carbocycles. The van der Waals surface area contributed by atoms with E-state index in [1.165, 1.54) is 22.5 Å². The van der Waals surface area contributed by atoms with E-state index in [0.717, 1.165) is 17.7 Å². The van der Waals surface area contributed by atoms with E-state index in [2.05, 4.69) is 34.6 Å². The van der Waals surface area contributed by atoms with Crippen LogP contribution in [0.3, 0.4) is 0 Å². The first-order valence-corrected chi connectivity index (χ1v) is 9.06. The molecule has 126 valence electrons. The second-order valence-electron chi connectivity index (χ2n) is 6.09. The van der Waals surface area contributed by atoms with Crippen LogP contribution in [0.2, 0.25) is 0 Å². The van der Waals surface area contributed by atoms with Crippen LogP contribution in [0.15, 0.2) is 60.1 Å². The van der Waals surface area contributed by atoms with Crippen LogP contribution in [-0.2, 0) is 11.2 Å². The monoisotopic (exact) mass is 350 g/mol. The maximum atomic E-state index is 12.9. The first kappa shape index (κ1) is 15.8. The number of nitrogens with zero attached hydrogens (tertiary/aromatic N) is 1. The Labute approximate surface area is 150 Å². The average Bonchev–Trinajstić information content (AvgIpc) is 3.29. The van der Waals surface area contributed by atoms with Crippen LogP contribution in [-0.4, -0.2) is 18.0 Å². The maximum Gasteiger partial charge on any atom is 0.230 e. The van der Waals surface area contributed by atoms with E-state index in [1.807, 2.05) is 29.6 Å². The second-order valence-corrected chi connectivity index (χ2v) is 6.98. The van der Waals surface area contributed by atoms with E-state index in [-0.39, 0.29) is 17.7 Å². The van der Waals surface area contributed by atoms with E-state index in [9.17, 15) is 4.79 Å². The minimum atomic E-state index is -0.159. The Morgan fingerprint density at radius 3 is 2.80 bits per heavy atom. The van der Waals surface area contributed by atoms with Gasteiger partial charge in [0.05, 0.1) is 13.0 Å². The lowest BCUT2D eigenvalue weighted by molar-refractivity contribution is -0.120. The van der Waals surface area contributed by atoms with Gasteiger partial charge in [0.25, 0.3) is 0 Å². The number of fused-ring (bicyclic) bond motifs is 1. The summed E-state index contributed by atoms with van der Waals surface area (Å²) in [5, 5.41) is 5.47. The highest BCUT2D eigenvalue weighted by Crippen LogP contribution is 2.44. The van der Waals surface area contributed by atoms with Crippen molar-refractivity contribution in [3.63, 3.8) is 0 Å². The third-order valence-corrected chi connectivity index (χ3v) is 5.38. The summed E-state index contributed by atoms with van der Waals surface area (Å²) in [6, 6.07) is 16.3. The van der Waals surface area contributed by atoms with E-state index in [1.54, 1.807) is 13.3 Å². The number of carbonyl (C=O) groups excluding carboxylic acids is 1. The van der Waals surface area contributed by atoms with Gasteiger partial charge in [-0.1, -0.05) is 36.4 Å². The summed E-state index contributed by atoms with van der Waals surface area (Å²) >= 11 is 1.43. The van der Waals surface area contributed by atoms with Gasteiger partial charge in [0.15, 0.2) is 5.13 Å². The molecule has 1 heterocycles. The molecule has 1 aromatic heterocycles. The molecule has 0 saturated heterocycles. The third-order valence-electron chi connectivity index (χ3n) is 4.69. The fraction of sp³-hybridized carbons (Fsp3) is 0.200. The molecule has 0 saturated carbocycles. The van der Waals surface area contributed by atoms with Crippen LogP contribution < -0.4 is 10.1 Å². The van der Waals surface area contributed by atoms with E-state index >= 15 is 0 Å². The summed E-state index contributed by atoms with van der Waals surface area (Å²) in [6.45, 7) is 0. The molecular formula is C20H18N2O2S. The molecule has 0 spiro atoms. The Kier molecular flexibility index (Phi) is 4.24. The molecule has 4 nitrogen and oxygen atoms in total. The molecule has 5 heteroatoms. The number of hydrogen-bond acceptors (Lipinski definition) is 4. The van der Waals surface area contributed by atoms with Crippen molar-refractivity contribution in [2.75, 3.05) is 12.4 Å². The van der Waals surface area contributed by atoms with Gasteiger partial charge >= 0.3 is 0 Å². The minimum Gasteiger partial charge on any atom is -0.497 e. The molecule has 2 atom stereocenters. The van der Waals surface area contributed by atoms with E-state index in [4.69, 9.17) is 4.74 Å². The molecule has 1 aliphatic rings. The van der Waals surface area contributed by atoms with Gasteiger partial charge in [-0.25, -0.2) is 4.98 Å². The summed E-state index contributed by atoms with van der Waals surface area (Å²) < 4.78 is 5.40. The molecule has 0 unspecified atom stereocenters. The van der Waals surface area contributed by atoms with Crippen molar-refractivity contribution in [1.29, 1.82) is 0 Å². The Morgan fingerprint density at radius 2 is 2.08 bits per heavy atom. The number of benzene rings is 2. The third kappa shape index (κ3) is 3.03. The van der Waals surface area contributed by atoms with Gasteiger partial charge in [0.1, 0.15) is 5.75 Å². The van der Waals surface area contributed by atoms with Crippen molar-refractivity contribution in [3.8, 4) is 5.75 Å². The van der Waals surface area contributed by atoms with Gasteiger partial charge in [0, 0.05) is 17.5 Å². The minimum absolute atomic E-state index is 0.0129. The first-order valence-electron chi connectivity index (χ1n) is 8.18. The Hall–Kier alpha value is -2.66. The smallest absolute Gasteiger partial charge is 0.230 e. The highest BCUT2D eigenvalue weighted by atomic mass is 32.1. The number of hydrogen-bond donors (Lipinski definition) is 1. The standard InChI is InChI=1S/C20H18N2O2S/c1-24-15-8-7-14-11-17(19(23)22-20-21-9-10-25-20)18(16(14)12-15)13-5-3-2-4-6-13/h2-10,12,17-18H,11H2,1H3,(H,21,22,23)/t17-,18-/m0/s1. The van der Waals surface area contributed by atoms with Gasteiger partial charge in [-0.2, -0.15) is 0 Å². The van der Waals surface area contributed by atoms with Gasteiger partial charge in [-0.05, 0) is 35.2 Å². The Morgan fingerprint density at radius 1 is 1.24 bits per heavy atom. The molecule has 0 aliphatic heterocycles. The molecule has 25 heavy (non-hydrogen) atoms. The molecule has 1 aliphatic carbocycles. The summed E-state index contributed by atoms with van der Waals surface area (Å²) in [5.74, 6) is 0.694. The zero-order valence-corrected chi connectivity index (χ0v) is 14.6. The lowest BCUT2D eigenvalue weighted by Gasteiger charge is -2.20. The van der Waals surface area contributed by atoms with Crippen LogP contribution in [0.4, 0.5) is 5.13 Å². The summed E-state index contributed by atoms with van der Waals surface area (Å²) in [4.78, 5) is 17.1. The summed E-state index contributed by atoms with van der Waals surface area (Å²) in [7, 11) is 1.67. The predicted molar refractivity (Wildman–Crippen MR) is 99.2 cm³/mol. The largest absolute Gasteiger partial charge is 0.497 e. The summed E-state index contributed by atoms with van der Waals surface area (Å²) in [5.41, 5.74) is 3.52. The van der Waals surface area contributed by atoms with Crippen LogP contribution in [0.1, 0.15) is 22.6 Å². The van der Waals surface area contributed by atoms with Crippen molar-refractivity contribution in [3.05, 3.63) is 76.8 Å². The number of nitrogens with one attached hydrogen (secondary N) is 1. The highest BCUT2D eigenvalue weighted by Gasteiger charge is 2.38. The predicted octanol–water partition coefficient (Wildman–Crippen LogP) is 4.09.